The summed E-state index contributed by atoms with van der Waals surface area (Å²) in [6.45, 7) is 6.04. The summed E-state index contributed by atoms with van der Waals surface area (Å²) in [5.41, 5.74) is 3.45. The number of carbonyl (C=O) groups excluding carboxylic acids is 1. The number of carbonyl (C=O) groups is 2. The zero-order valence-electron chi connectivity index (χ0n) is 12.8. The molecule has 114 valence electrons. The van der Waals surface area contributed by atoms with E-state index in [1.807, 2.05) is 20.8 Å². The number of amides is 1. The highest BCUT2D eigenvalue weighted by atomic mass is 16.4. The van der Waals surface area contributed by atoms with E-state index < -0.39 is 5.97 Å². The minimum atomic E-state index is -0.784. The predicted octanol–water partition coefficient (Wildman–Crippen LogP) is 2.98. The van der Waals surface area contributed by atoms with Crippen molar-refractivity contribution in [2.45, 2.75) is 46.1 Å². The van der Waals surface area contributed by atoms with Gasteiger partial charge < -0.3 is 10.4 Å². The maximum Gasteiger partial charge on any atom is 0.306 e. The van der Waals surface area contributed by atoms with Crippen molar-refractivity contribution in [1.82, 2.24) is 5.32 Å². The van der Waals surface area contributed by atoms with Gasteiger partial charge in [0.05, 0.1) is 12.0 Å². The van der Waals surface area contributed by atoms with E-state index in [0.717, 1.165) is 11.1 Å². The molecule has 0 saturated heterocycles. The van der Waals surface area contributed by atoms with Crippen LogP contribution in [0.4, 0.5) is 0 Å². The van der Waals surface area contributed by atoms with Crippen molar-refractivity contribution in [3.05, 3.63) is 34.9 Å². The second-order valence-electron chi connectivity index (χ2n) is 6.14. The molecule has 21 heavy (non-hydrogen) atoms. The van der Waals surface area contributed by atoms with Crippen molar-refractivity contribution in [1.29, 1.82) is 0 Å². The first kappa shape index (κ1) is 15.5. The lowest BCUT2D eigenvalue weighted by atomic mass is 9.98. The third-order valence-corrected chi connectivity index (χ3v) is 4.41. The summed E-state index contributed by atoms with van der Waals surface area (Å²) in [5, 5.41) is 12.0. The number of hydrogen-bond acceptors (Lipinski definition) is 2. The monoisotopic (exact) mass is 289 g/mol. The number of rotatable bonds is 4. The van der Waals surface area contributed by atoms with Crippen LogP contribution in [0.3, 0.4) is 0 Å². The van der Waals surface area contributed by atoms with Gasteiger partial charge in [0, 0.05) is 5.92 Å². The first-order valence-corrected chi connectivity index (χ1v) is 7.48. The van der Waals surface area contributed by atoms with Gasteiger partial charge in [0.15, 0.2) is 0 Å². The number of benzene rings is 1. The molecule has 0 spiro atoms. The Kier molecular flexibility index (Phi) is 4.66. The lowest BCUT2D eigenvalue weighted by molar-refractivity contribution is -0.141. The molecule has 3 atom stereocenters. The van der Waals surface area contributed by atoms with Gasteiger partial charge in [0.25, 0.3) is 0 Å². The van der Waals surface area contributed by atoms with Crippen molar-refractivity contribution in [3.63, 3.8) is 0 Å². The molecule has 0 aromatic heterocycles. The lowest BCUT2D eigenvalue weighted by Gasteiger charge is -2.19. The summed E-state index contributed by atoms with van der Waals surface area (Å²) >= 11 is 0. The molecular formula is C17H23NO3. The second-order valence-corrected chi connectivity index (χ2v) is 6.14. The summed E-state index contributed by atoms with van der Waals surface area (Å²) in [6.07, 6.45) is 1.73. The van der Waals surface area contributed by atoms with Crippen molar-refractivity contribution in [3.8, 4) is 0 Å². The van der Waals surface area contributed by atoms with Crippen LogP contribution in [0.25, 0.3) is 0 Å². The normalized spacial score (nSPS) is 22.8. The molecule has 1 saturated carbocycles. The Morgan fingerprint density at radius 2 is 1.90 bits per heavy atom. The highest BCUT2D eigenvalue weighted by Crippen LogP contribution is 2.31. The van der Waals surface area contributed by atoms with E-state index in [-0.39, 0.29) is 23.8 Å². The maximum atomic E-state index is 12.3. The molecule has 1 aliphatic carbocycles. The Balaban J connectivity index is 1.99. The van der Waals surface area contributed by atoms with Gasteiger partial charge in [0.2, 0.25) is 5.91 Å². The Bertz CT molecular complexity index is 553. The van der Waals surface area contributed by atoms with Crippen molar-refractivity contribution in [2.24, 2.45) is 11.8 Å². The quantitative estimate of drug-likeness (QED) is 0.895. The summed E-state index contributed by atoms with van der Waals surface area (Å²) < 4.78 is 0. The largest absolute Gasteiger partial charge is 0.481 e. The van der Waals surface area contributed by atoms with Gasteiger partial charge in [-0.3, -0.25) is 9.59 Å². The van der Waals surface area contributed by atoms with Crippen LogP contribution in [0.5, 0.6) is 0 Å². The van der Waals surface area contributed by atoms with Gasteiger partial charge in [-0.05, 0) is 51.2 Å². The fraction of sp³-hybridized carbons (Fsp3) is 0.529. The molecule has 1 aromatic carbocycles. The average Bonchev–Trinajstić information content (AvgIpc) is 2.91. The summed E-state index contributed by atoms with van der Waals surface area (Å²) in [6, 6.07) is 6.15. The third-order valence-electron chi connectivity index (χ3n) is 4.41. The average molecular weight is 289 g/mol. The lowest BCUT2D eigenvalue weighted by Crippen LogP contribution is -2.32. The van der Waals surface area contributed by atoms with Crippen LogP contribution in [-0.4, -0.2) is 17.0 Å². The van der Waals surface area contributed by atoms with Gasteiger partial charge >= 0.3 is 5.97 Å². The Hall–Kier alpha value is -1.84. The number of aliphatic carboxylic acids is 1. The molecule has 3 unspecified atom stereocenters. The van der Waals surface area contributed by atoms with Crippen LogP contribution in [-0.2, 0) is 9.59 Å². The molecule has 2 rings (SSSR count). The molecule has 2 N–H and O–H groups in total. The van der Waals surface area contributed by atoms with Crippen molar-refractivity contribution in [2.75, 3.05) is 0 Å². The first-order valence-electron chi connectivity index (χ1n) is 7.48. The van der Waals surface area contributed by atoms with Crippen molar-refractivity contribution >= 4 is 11.9 Å². The van der Waals surface area contributed by atoms with E-state index in [9.17, 15) is 9.59 Å². The first-order chi connectivity index (χ1) is 9.88. The Labute approximate surface area is 125 Å². The molecule has 4 nitrogen and oxygen atoms in total. The van der Waals surface area contributed by atoms with Gasteiger partial charge in [-0.15, -0.1) is 0 Å². The molecule has 0 heterocycles. The van der Waals surface area contributed by atoms with Crippen LogP contribution in [0.1, 0.15) is 48.9 Å². The second kappa shape index (κ2) is 6.29. The molecule has 0 bridgehead atoms. The molecule has 1 aromatic rings. The van der Waals surface area contributed by atoms with Crippen LogP contribution in [0, 0.1) is 25.7 Å². The van der Waals surface area contributed by atoms with Crippen LogP contribution < -0.4 is 5.32 Å². The van der Waals surface area contributed by atoms with Crippen LogP contribution in [0.2, 0.25) is 0 Å². The van der Waals surface area contributed by atoms with E-state index in [1.54, 1.807) is 0 Å². The number of carboxylic acids is 1. The van der Waals surface area contributed by atoms with Gasteiger partial charge in [-0.1, -0.05) is 23.8 Å². The van der Waals surface area contributed by atoms with E-state index in [2.05, 4.69) is 23.5 Å². The molecule has 1 fully saturated rings. The minimum Gasteiger partial charge on any atom is -0.481 e. The van der Waals surface area contributed by atoms with Gasteiger partial charge in [-0.2, -0.15) is 0 Å². The fourth-order valence-corrected chi connectivity index (χ4v) is 3.08. The highest BCUT2D eigenvalue weighted by molar-refractivity contribution is 5.81. The smallest absolute Gasteiger partial charge is 0.306 e. The zero-order valence-corrected chi connectivity index (χ0v) is 12.8. The van der Waals surface area contributed by atoms with Crippen LogP contribution in [0.15, 0.2) is 18.2 Å². The molecule has 0 radical (unpaired) electrons. The van der Waals surface area contributed by atoms with Gasteiger partial charge in [0.1, 0.15) is 0 Å². The molecule has 4 heteroatoms. The van der Waals surface area contributed by atoms with E-state index in [4.69, 9.17) is 5.11 Å². The molecule has 0 aliphatic heterocycles. The third kappa shape index (κ3) is 3.63. The zero-order chi connectivity index (χ0) is 15.6. The fourth-order valence-electron chi connectivity index (χ4n) is 3.08. The van der Waals surface area contributed by atoms with Crippen molar-refractivity contribution < 1.29 is 14.7 Å². The summed E-state index contributed by atoms with van der Waals surface area (Å²) in [5.74, 6) is -1.34. The Morgan fingerprint density at radius 1 is 1.24 bits per heavy atom. The van der Waals surface area contributed by atoms with Crippen LogP contribution >= 0.6 is 0 Å². The van der Waals surface area contributed by atoms with E-state index in [1.165, 1.54) is 5.56 Å². The topological polar surface area (TPSA) is 66.4 Å². The molecule has 1 aliphatic rings. The highest BCUT2D eigenvalue weighted by Gasteiger charge is 2.34. The molecular weight excluding hydrogens is 266 g/mol. The summed E-state index contributed by atoms with van der Waals surface area (Å²) in [7, 11) is 0. The SMILES string of the molecule is Cc1ccc(C)c(C(C)NC(=O)C2CCC(C(=O)O)C2)c1. The van der Waals surface area contributed by atoms with E-state index >= 15 is 0 Å². The Morgan fingerprint density at radius 3 is 2.52 bits per heavy atom. The predicted molar refractivity (Wildman–Crippen MR) is 80.9 cm³/mol. The number of carboxylic acid groups (broad SMARTS) is 1. The maximum absolute atomic E-state index is 12.3. The number of nitrogens with one attached hydrogen (secondary N) is 1. The minimum absolute atomic E-state index is 0.0212. The summed E-state index contributed by atoms with van der Waals surface area (Å²) in [4.78, 5) is 23.3. The number of hydrogen-bond donors (Lipinski definition) is 2. The van der Waals surface area contributed by atoms with Gasteiger partial charge in [-0.25, -0.2) is 0 Å². The number of aryl methyl sites for hydroxylation is 2. The molecule has 1 amide bonds. The standard InChI is InChI=1S/C17H23NO3/c1-10-4-5-11(2)15(8-10)12(3)18-16(19)13-6-7-14(9-13)17(20)21/h4-5,8,12-14H,6-7,9H2,1-3H3,(H,18,19)(H,20,21). The van der Waals surface area contributed by atoms with E-state index in [0.29, 0.717) is 19.3 Å².